The highest BCUT2D eigenvalue weighted by Crippen LogP contribution is 2.38. The number of ether oxygens (including phenoxy) is 4. The summed E-state index contributed by atoms with van der Waals surface area (Å²) in [5, 5.41) is 3.07. The second kappa shape index (κ2) is 7.17. The zero-order chi connectivity index (χ0) is 15.2. The molecule has 6 heteroatoms. The van der Waals surface area contributed by atoms with Crippen molar-refractivity contribution >= 4 is 5.97 Å². The van der Waals surface area contributed by atoms with Gasteiger partial charge in [0, 0.05) is 18.2 Å². The van der Waals surface area contributed by atoms with E-state index in [4.69, 9.17) is 18.9 Å². The van der Waals surface area contributed by atoms with Crippen LogP contribution >= 0.6 is 0 Å². The Balaban J connectivity index is 2.22. The minimum atomic E-state index is -0.624. The van der Waals surface area contributed by atoms with Gasteiger partial charge in [0.15, 0.2) is 17.6 Å². The second-order valence-corrected chi connectivity index (χ2v) is 4.61. The van der Waals surface area contributed by atoms with Gasteiger partial charge < -0.3 is 24.3 Å². The van der Waals surface area contributed by atoms with Gasteiger partial charge in [-0.15, -0.1) is 0 Å². The van der Waals surface area contributed by atoms with Crippen LogP contribution in [0.5, 0.6) is 17.2 Å². The van der Waals surface area contributed by atoms with E-state index in [0.29, 0.717) is 36.8 Å². The van der Waals surface area contributed by atoms with E-state index in [1.165, 1.54) is 0 Å². The lowest BCUT2D eigenvalue weighted by molar-refractivity contribution is -0.151. The summed E-state index contributed by atoms with van der Waals surface area (Å²) in [6, 6.07) is 3.63. The van der Waals surface area contributed by atoms with E-state index in [2.05, 4.69) is 5.32 Å². The summed E-state index contributed by atoms with van der Waals surface area (Å²) in [6.45, 7) is 4.80. The maximum absolute atomic E-state index is 11.9. The first-order valence-electron chi connectivity index (χ1n) is 7.10. The maximum Gasteiger partial charge on any atom is 0.347 e. The molecule has 1 unspecified atom stereocenters. The molecule has 1 N–H and O–H groups in total. The molecule has 0 aromatic heterocycles. The fourth-order valence-electron chi connectivity index (χ4n) is 2.09. The minimum absolute atomic E-state index is 0.201. The van der Waals surface area contributed by atoms with Gasteiger partial charge in [-0.05, 0) is 26.5 Å². The summed E-state index contributed by atoms with van der Waals surface area (Å²) in [5.41, 5.74) is 0.907. The van der Waals surface area contributed by atoms with E-state index in [-0.39, 0.29) is 12.8 Å². The Bertz CT molecular complexity index is 503. The van der Waals surface area contributed by atoms with Crippen LogP contribution in [0.25, 0.3) is 0 Å². The van der Waals surface area contributed by atoms with Crippen molar-refractivity contribution in [1.29, 1.82) is 0 Å². The van der Waals surface area contributed by atoms with Gasteiger partial charge in [0.05, 0.1) is 6.61 Å². The zero-order valence-corrected chi connectivity index (χ0v) is 12.6. The molecular formula is C15H21NO5. The van der Waals surface area contributed by atoms with E-state index >= 15 is 0 Å². The molecule has 6 nitrogen and oxygen atoms in total. The van der Waals surface area contributed by atoms with Crippen LogP contribution in [0.15, 0.2) is 12.1 Å². The van der Waals surface area contributed by atoms with E-state index < -0.39 is 6.10 Å². The number of benzene rings is 1. The molecular weight excluding hydrogens is 274 g/mol. The molecule has 21 heavy (non-hydrogen) atoms. The molecule has 1 aromatic rings. The molecule has 0 saturated carbocycles. The summed E-state index contributed by atoms with van der Waals surface area (Å²) >= 11 is 0. The van der Waals surface area contributed by atoms with Crippen LogP contribution in [0.3, 0.4) is 0 Å². The molecule has 0 amide bonds. The molecule has 1 aliphatic heterocycles. The summed E-state index contributed by atoms with van der Waals surface area (Å²) in [7, 11) is 1.84. The quantitative estimate of drug-likeness (QED) is 0.775. The van der Waals surface area contributed by atoms with E-state index in [9.17, 15) is 4.79 Å². The van der Waals surface area contributed by atoms with Gasteiger partial charge in [-0.1, -0.05) is 6.92 Å². The Morgan fingerprint density at radius 2 is 2.05 bits per heavy atom. The van der Waals surface area contributed by atoms with Crippen LogP contribution in [-0.2, 0) is 16.1 Å². The maximum atomic E-state index is 11.9. The van der Waals surface area contributed by atoms with Crippen molar-refractivity contribution in [2.24, 2.45) is 0 Å². The normalized spacial score (nSPS) is 13.9. The summed E-state index contributed by atoms with van der Waals surface area (Å²) < 4.78 is 21.6. The SMILES string of the molecule is CCOC(=O)C(CC)Oc1cc2c(cc1CNC)OCO2. The molecule has 0 fully saturated rings. The number of hydrogen-bond acceptors (Lipinski definition) is 6. The molecule has 1 atom stereocenters. The standard InChI is InChI=1S/C15H21NO5/c1-4-11(15(17)18-5-2)21-12-7-14-13(19-9-20-14)6-10(12)8-16-3/h6-7,11,16H,4-5,8-9H2,1-3H3. The van der Waals surface area contributed by atoms with Gasteiger partial charge in [0.1, 0.15) is 5.75 Å². The minimum Gasteiger partial charge on any atom is -0.478 e. The van der Waals surface area contributed by atoms with Crippen molar-refractivity contribution in [2.75, 3.05) is 20.4 Å². The van der Waals surface area contributed by atoms with Crippen LogP contribution < -0.4 is 19.5 Å². The third kappa shape index (κ3) is 3.58. The predicted molar refractivity (Wildman–Crippen MR) is 76.7 cm³/mol. The highest BCUT2D eigenvalue weighted by atomic mass is 16.7. The Hall–Kier alpha value is -1.95. The largest absolute Gasteiger partial charge is 0.478 e. The molecule has 116 valence electrons. The molecule has 2 rings (SSSR count). The van der Waals surface area contributed by atoms with Crippen molar-refractivity contribution in [1.82, 2.24) is 5.32 Å². The lowest BCUT2D eigenvalue weighted by Gasteiger charge is -2.18. The van der Waals surface area contributed by atoms with Crippen LogP contribution in [0.4, 0.5) is 0 Å². The van der Waals surface area contributed by atoms with Crippen molar-refractivity contribution in [3.63, 3.8) is 0 Å². The summed E-state index contributed by atoms with van der Waals surface area (Å²) in [4.78, 5) is 11.9. The average Bonchev–Trinajstić information content (AvgIpc) is 2.92. The second-order valence-electron chi connectivity index (χ2n) is 4.61. The molecule has 0 aliphatic carbocycles. The van der Waals surface area contributed by atoms with Crippen molar-refractivity contribution in [3.05, 3.63) is 17.7 Å². The van der Waals surface area contributed by atoms with Gasteiger partial charge in [-0.25, -0.2) is 4.79 Å². The number of carbonyl (C=O) groups is 1. The first-order valence-corrected chi connectivity index (χ1v) is 7.10. The van der Waals surface area contributed by atoms with Crippen LogP contribution in [0.2, 0.25) is 0 Å². The highest BCUT2D eigenvalue weighted by molar-refractivity contribution is 5.75. The lowest BCUT2D eigenvalue weighted by atomic mass is 10.1. The molecule has 1 aliphatic rings. The van der Waals surface area contributed by atoms with Crippen LogP contribution in [0, 0.1) is 0 Å². The molecule has 1 aromatic carbocycles. The average molecular weight is 295 g/mol. The third-order valence-corrected chi connectivity index (χ3v) is 3.11. The Morgan fingerprint density at radius 1 is 1.33 bits per heavy atom. The fraction of sp³-hybridized carbons (Fsp3) is 0.533. The molecule has 0 bridgehead atoms. The smallest absolute Gasteiger partial charge is 0.347 e. The van der Waals surface area contributed by atoms with E-state index in [0.717, 1.165) is 5.56 Å². The summed E-state index contributed by atoms with van der Waals surface area (Å²) in [5.74, 6) is 1.57. The van der Waals surface area contributed by atoms with Crippen molar-refractivity contribution in [3.8, 4) is 17.2 Å². The number of carbonyl (C=O) groups excluding carboxylic acids is 1. The van der Waals surface area contributed by atoms with Crippen LogP contribution in [0.1, 0.15) is 25.8 Å². The number of hydrogen-bond donors (Lipinski definition) is 1. The number of rotatable bonds is 7. The monoisotopic (exact) mass is 295 g/mol. The summed E-state index contributed by atoms with van der Waals surface area (Å²) in [6.07, 6.45) is -0.0901. The highest BCUT2D eigenvalue weighted by Gasteiger charge is 2.23. The van der Waals surface area contributed by atoms with Crippen LogP contribution in [-0.4, -0.2) is 32.5 Å². The van der Waals surface area contributed by atoms with Gasteiger partial charge in [0.2, 0.25) is 6.79 Å². The van der Waals surface area contributed by atoms with Gasteiger partial charge in [-0.2, -0.15) is 0 Å². The van der Waals surface area contributed by atoms with Gasteiger partial charge in [-0.3, -0.25) is 0 Å². The first kappa shape index (κ1) is 15.4. The van der Waals surface area contributed by atoms with Crippen molar-refractivity contribution in [2.45, 2.75) is 32.9 Å². The zero-order valence-electron chi connectivity index (χ0n) is 12.6. The molecule has 0 spiro atoms. The first-order chi connectivity index (χ1) is 10.2. The Morgan fingerprint density at radius 3 is 2.67 bits per heavy atom. The predicted octanol–water partition coefficient (Wildman–Crippen LogP) is 1.86. The number of esters is 1. The molecule has 1 heterocycles. The van der Waals surface area contributed by atoms with E-state index in [1.807, 2.05) is 20.0 Å². The molecule has 0 saturated heterocycles. The van der Waals surface area contributed by atoms with Gasteiger partial charge >= 0.3 is 5.97 Å². The number of fused-ring (bicyclic) bond motifs is 1. The topological polar surface area (TPSA) is 66.0 Å². The molecule has 0 radical (unpaired) electrons. The van der Waals surface area contributed by atoms with E-state index in [1.54, 1.807) is 13.0 Å². The lowest BCUT2D eigenvalue weighted by Crippen LogP contribution is -2.29. The van der Waals surface area contributed by atoms with Gasteiger partial charge in [0.25, 0.3) is 0 Å². The Kier molecular flexibility index (Phi) is 5.27. The fourth-order valence-corrected chi connectivity index (χ4v) is 2.09. The Labute approximate surface area is 124 Å². The number of nitrogens with one attached hydrogen (secondary N) is 1. The third-order valence-electron chi connectivity index (χ3n) is 3.11. The van der Waals surface area contributed by atoms with Crippen molar-refractivity contribution < 1.29 is 23.7 Å².